The Hall–Kier alpha value is -0.610. The van der Waals surface area contributed by atoms with Crippen LogP contribution >= 0.6 is 0 Å². The zero-order valence-corrected chi connectivity index (χ0v) is 12.2. The number of rotatable bonds is 6. The third-order valence-corrected chi connectivity index (χ3v) is 4.64. The summed E-state index contributed by atoms with van der Waals surface area (Å²) in [6.45, 7) is 0.497. The number of amides is 1. The summed E-state index contributed by atoms with van der Waals surface area (Å²) in [6.07, 6.45) is 7.25. The third-order valence-electron chi connectivity index (χ3n) is 4.64. The zero-order valence-electron chi connectivity index (χ0n) is 12.2. The fraction of sp³-hybridized carbons (Fsp3) is 0.933. The van der Waals surface area contributed by atoms with E-state index in [1.165, 1.54) is 0 Å². The molecule has 0 saturated heterocycles. The van der Waals surface area contributed by atoms with E-state index >= 15 is 0 Å². The van der Waals surface area contributed by atoms with Gasteiger partial charge in [0.2, 0.25) is 5.91 Å². The van der Waals surface area contributed by atoms with Crippen molar-refractivity contribution < 1.29 is 14.6 Å². The van der Waals surface area contributed by atoms with Gasteiger partial charge in [0.1, 0.15) is 0 Å². The molecule has 2 saturated carbocycles. The largest absolute Gasteiger partial charge is 0.391 e. The molecule has 4 heteroatoms. The first kappa shape index (κ1) is 14.8. The summed E-state index contributed by atoms with van der Waals surface area (Å²) in [4.78, 5) is 13.8. The van der Waals surface area contributed by atoms with E-state index in [-0.39, 0.29) is 12.0 Å². The van der Waals surface area contributed by atoms with E-state index in [4.69, 9.17) is 4.74 Å². The van der Waals surface area contributed by atoms with Gasteiger partial charge in [0.25, 0.3) is 0 Å². The van der Waals surface area contributed by atoms with Gasteiger partial charge in [0.15, 0.2) is 0 Å². The lowest BCUT2D eigenvalue weighted by Crippen LogP contribution is -2.36. The molecular weight excluding hydrogens is 242 g/mol. The highest BCUT2D eigenvalue weighted by Crippen LogP contribution is 2.33. The Balaban J connectivity index is 1.68. The fourth-order valence-electron chi connectivity index (χ4n) is 2.99. The van der Waals surface area contributed by atoms with Crippen molar-refractivity contribution in [3.05, 3.63) is 0 Å². The third kappa shape index (κ3) is 4.46. The number of ether oxygens (including phenoxy) is 1. The minimum atomic E-state index is -0.321. The minimum absolute atomic E-state index is 0.181. The van der Waals surface area contributed by atoms with Crippen molar-refractivity contribution in [3.8, 4) is 0 Å². The Morgan fingerprint density at radius 3 is 2.42 bits per heavy atom. The molecule has 0 aromatic heterocycles. The average molecular weight is 269 g/mol. The van der Waals surface area contributed by atoms with Crippen molar-refractivity contribution in [2.45, 2.75) is 57.2 Å². The van der Waals surface area contributed by atoms with E-state index in [1.807, 2.05) is 7.05 Å². The van der Waals surface area contributed by atoms with Crippen LogP contribution in [0.2, 0.25) is 0 Å². The highest BCUT2D eigenvalue weighted by Gasteiger charge is 2.31. The van der Waals surface area contributed by atoms with Crippen molar-refractivity contribution in [1.82, 2.24) is 4.90 Å². The van der Waals surface area contributed by atoms with Crippen LogP contribution in [0.15, 0.2) is 0 Å². The molecule has 2 rings (SSSR count). The predicted octanol–water partition coefficient (Wildman–Crippen LogP) is 1.81. The normalized spacial score (nSPS) is 29.0. The molecule has 0 aliphatic heterocycles. The summed E-state index contributed by atoms with van der Waals surface area (Å²) < 4.78 is 5.35. The van der Waals surface area contributed by atoms with Gasteiger partial charge in [-0.2, -0.15) is 0 Å². The van der Waals surface area contributed by atoms with Gasteiger partial charge in [0.05, 0.1) is 12.2 Å². The van der Waals surface area contributed by atoms with Gasteiger partial charge in [-0.25, -0.2) is 0 Å². The second kappa shape index (κ2) is 6.71. The van der Waals surface area contributed by atoms with Crippen molar-refractivity contribution in [2.75, 3.05) is 20.7 Å². The number of carbonyl (C=O) groups excluding carboxylic acids is 1. The monoisotopic (exact) mass is 269 g/mol. The molecule has 1 unspecified atom stereocenters. The van der Waals surface area contributed by atoms with Gasteiger partial charge >= 0.3 is 0 Å². The highest BCUT2D eigenvalue weighted by atomic mass is 16.5. The molecule has 1 amide bonds. The Bertz CT molecular complexity index is 296. The minimum Gasteiger partial charge on any atom is -0.391 e. The van der Waals surface area contributed by atoms with Crippen molar-refractivity contribution in [2.24, 2.45) is 11.8 Å². The van der Waals surface area contributed by atoms with E-state index in [9.17, 15) is 9.90 Å². The first-order valence-electron chi connectivity index (χ1n) is 7.55. The Morgan fingerprint density at radius 1 is 1.26 bits per heavy atom. The zero-order chi connectivity index (χ0) is 13.8. The van der Waals surface area contributed by atoms with Crippen LogP contribution < -0.4 is 0 Å². The lowest BCUT2D eigenvalue weighted by molar-refractivity contribution is -0.132. The molecule has 4 nitrogen and oxygen atoms in total. The van der Waals surface area contributed by atoms with Crippen LogP contribution in [-0.4, -0.2) is 48.8 Å². The Kier molecular flexibility index (Phi) is 5.22. The van der Waals surface area contributed by atoms with Gasteiger partial charge in [0, 0.05) is 27.1 Å². The van der Waals surface area contributed by atoms with Crippen LogP contribution in [-0.2, 0) is 9.53 Å². The number of nitrogens with zero attached hydrogens (tertiary/aromatic N) is 1. The Labute approximate surface area is 116 Å². The summed E-state index contributed by atoms with van der Waals surface area (Å²) in [7, 11) is 3.58. The molecule has 0 spiro atoms. The molecule has 2 aliphatic carbocycles. The molecule has 1 N–H and O–H groups in total. The van der Waals surface area contributed by atoms with E-state index < -0.39 is 0 Å². The van der Waals surface area contributed by atoms with Gasteiger partial charge in [-0.15, -0.1) is 0 Å². The smallest absolute Gasteiger partial charge is 0.222 e. The SMILES string of the molecule is COC1CCC(CC(=O)N(C)CC(O)C2CC2)CC1. The van der Waals surface area contributed by atoms with Crippen molar-refractivity contribution in [3.63, 3.8) is 0 Å². The maximum atomic E-state index is 12.1. The molecule has 0 bridgehead atoms. The van der Waals surface area contributed by atoms with Crippen LogP contribution in [0.5, 0.6) is 0 Å². The number of hydrogen-bond acceptors (Lipinski definition) is 3. The molecule has 2 aliphatic rings. The Morgan fingerprint density at radius 2 is 1.89 bits per heavy atom. The van der Waals surface area contributed by atoms with Gasteiger partial charge in [-0.1, -0.05) is 0 Å². The summed E-state index contributed by atoms with van der Waals surface area (Å²) in [6, 6.07) is 0. The summed E-state index contributed by atoms with van der Waals surface area (Å²) >= 11 is 0. The average Bonchev–Trinajstić information content (AvgIpc) is 3.23. The maximum Gasteiger partial charge on any atom is 0.222 e. The van der Waals surface area contributed by atoms with E-state index in [1.54, 1.807) is 12.0 Å². The van der Waals surface area contributed by atoms with Gasteiger partial charge < -0.3 is 14.7 Å². The summed E-state index contributed by atoms with van der Waals surface area (Å²) in [5.74, 6) is 1.12. The van der Waals surface area contributed by atoms with Crippen molar-refractivity contribution >= 4 is 5.91 Å². The number of carbonyl (C=O) groups is 1. The van der Waals surface area contributed by atoms with Gasteiger partial charge in [-0.05, 0) is 50.4 Å². The van der Waals surface area contributed by atoms with E-state index in [2.05, 4.69) is 0 Å². The maximum absolute atomic E-state index is 12.1. The number of aliphatic hydroxyl groups is 1. The highest BCUT2D eigenvalue weighted by molar-refractivity contribution is 5.76. The molecule has 0 heterocycles. The molecule has 1 atom stereocenters. The van der Waals surface area contributed by atoms with Crippen LogP contribution in [0.25, 0.3) is 0 Å². The second-order valence-corrected chi connectivity index (χ2v) is 6.26. The molecule has 0 aromatic carbocycles. The summed E-state index contributed by atoms with van der Waals surface area (Å²) in [5, 5.41) is 9.87. The summed E-state index contributed by atoms with van der Waals surface area (Å²) in [5.41, 5.74) is 0. The standard InChI is InChI=1S/C15H27NO3/c1-16(10-14(17)12-5-6-12)15(18)9-11-3-7-13(19-2)8-4-11/h11-14,17H,3-10H2,1-2H3. The lowest BCUT2D eigenvalue weighted by atomic mass is 9.85. The number of aliphatic hydroxyl groups excluding tert-OH is 1. The number of likely N-dealkylation sites (N-methyl/N-ethyl adjacent to an activating group) is 1. The van der Waals surface area contributed by atoms with E-state index in [0.29, 0.717) is 30.9 Å². The first-order valence-corrected chi connectivity index (χ1v) is 7.55. The quantitative estimate of drug-likeness (QED) is 0.800. The molecular formula is C15H27NO3. The second-order valence-electron chi connectivity index (χ2n) is 6.26. The molecule has 0 aromatic rings. The van der Waals surface area contributed by atoms with E-state index in [0.717, 1.165) is 38.5 Å². The number of methoxy groups -OCH3 is 1. The number of hydrogen-bond donors (Lipinski definition) is 1. The fourth-order valence-corrected chi connectivity index (χ4v) is 2.99. The van der Waals surface area contributed by atoms with Crippen LogP contribution in [0.4, 0.5) is 0 Å². The van der Waals surface area contributed by atoms with Crippen molar-refractivity contribution in [1.29, 1.82) is 0 Å². The molecule has 0 radical (unpaired) electrons. The topological polar surface area (TPSA) is 49.8 Å². The van der Waals surface area contributed by atoms with Crippen LogP contribution in [0.3, 0.4) is 0 Å². The predicted molar refractivity (Wildman–Crippen MR) is 73.7 cm³/mol. The van der Waals surface area contributed by atoms with Crippen LogP contribution in [0.1, 0.15) is 44.9 Å². The molecule has 19 heavy (non-hydrogen) atoms. The first-order chi connectivity index (χ1) is 9.10. The van der Waals surface area contributed by atoms with Crippen LogP contribution in [0, 0.1) is 11.8 Å². The lowest BCUT2D eigenvalue weighted by Gasteiger charge is -2.29. The molecule has 2 fully saturated rings. The van der Waals surface area contributed by atoms with Gasteiger partial charge in [-0.3, -0.25) is 4.79 Å². The molecule has 110 valence electrons.